The highest BCUT2D eigenvalue weighted by Crippen LogP contribution is 2.44. The quantitative estimate of drug-likeness (QED) is 0.375. The number of benzene rings is 3. The summed E-state index contributed by atoms with van der Waals surface area (Å²) >= 11 is 6.08. The Morgan fingerprint density at radius 3 is 2.20 bits per heavy atom. The standard InChI is InChI=1S/C27H25ClN2O5/c1-2-17(14-25(31)30-24-12-11-16(26(32)33)13-23(24)28)29-27(34)35-15-22-20-9-5-3-7-18(20)19-8-4-6-10-21(19)22/h3-13,17,22H,2,14-15H2,1H3,(H,29,34)(H,30,31)(H,32,33). The Labute approximate surface area is 208 Å². The molecule has 1 unspecified atom stereocenters. The molecule has 0 heterocycles. The second-order valence-electron chi connectivity index (χ2n) is 8.33. The lowest BCUT2D eigenvalue weighted by atomic mass is 9.98. The van der Waals surface area contributed by atoms with Gasteiger partial charge in [0.05, 0.1) is 16.3 Å². The number of carboxylic acids is 1. The minimum atomic E-state index is -1.11. The fraction of sp³-hybridized carbons (Fsp3) is 0.222. The Morgan fingerprint density at radius 1 is 1.00 bits per heavy atom. The van der Waals surface area contributed by atoms with Crippen molar-refractivity contribution in [2.45, 2.75) is 31.7 Å². The van der Waals surface area contributed by atoms with Crippen LogP contribution in [-0.2, 0) is 9.53 Å². The zero-order chi connectivity index (χ0) is 24.9. The summed E-state index contributed by atoms with van der Waals surface area (Å²) < 4.78 is 5.57. The Bertz CT molecular complexity index is 1230. The predicted molar refractivity (Wildman–Crippen MR) is 134 cm³/mol. The lowest BCUT2D eigenvalue weighted by molar-refractivity contribution is -0.116. The lowest BCUT2D eigenvalue weighted by Crippen LogP contribution is -2.38. The van der Waals surface area contributed by atoms with E-state index in [9.17, 15) is 14.4 Å². The number of amides is 2. The highest BCUT2D eigenvalue weighted by molar-refractivity contribution is 6.34. The van der Waals surface area contributed by atoms with Gasteiger partial charge in [-0.15, -0.1) is 0 Å². The molecule has 2 amide bonds. The topological polar surface area (TPSA) is 105 Å². The molecule has 3 N–H and O–H groups in total. The van der Waals surface area contributed by atoms with E-state index in [1.165, 1.54) is 18.2 Å². The number of rotatable bonds is 8. The largest absolute Gasteiger partial charge is 0.478 e. The number of carboxylic acid groups (broad SMARTS) is 1. The predicted octanol–water partition coefficient (Wildman–Crippen LogP) is 5.68. The van der Waals surface area contributed by atoms with Crippen LogP contribution in [0.5, 0.6) is 0 Å². The first kappa shape index (κ1) is 24.3. The van der Waals surface area contributed by atoms with E-state index < -0.39 is 18.1 Å². The van der Waals surface area contributed by atoms with Gasteiger partial charge in [-0.2, -0.15) is 0 Å². The van der Waals surface area contributed by atoms with Gasteiger partial charge in [-0.25, -0.2) is 9.59 Å². The van der Waals surface area contributed by atoms with Crippen molar-refractivity contribution in [1.82, 2.24) is 5.32 Å². The average Bonchev–Trinajstić information content (AvgIpc) is 3.17. The third-order valence-electron chi connectivity index (χ3n) is 6.08. The molecule has 0 bridgehead atoms. The van der Waals surface area contributed by atoms with Crippen molar-refractivity contribution in [3.8, 4) is 11.1 Å². The molecular formula is C27H25ClN2O5. The van der Waals surface area contributed by atoms with Gasteiger partial charge < -0.3 is 20.5 Å². The maximum absolute atomic E-state index is 12.5. The number of carbonyl (C=O) groups excluding carboxylic acids is 2. The molecule has 0 aromatic heterocycles. The van der Waals surface area contributed by atoms with Crippen LogP contribution in [0, 0.1) is 0 Å². The van der Waals surface area contributed by atoms with Crippen LogP contribution in [0.25, 0.3) is 11.1 Å². The lowest BCUT2D eigenvalue weighted by Gasteiger charge is -2.19. The van der Waals surface area contributed by atoms with E-state index in [4.69, 9.17) is 21.4 Å². The number of fused-ring (bicyclic) bond motifs is 3. The van der Waals surface area contributed by atoms with E-state index in [0.717, 1.165) is 22.3 Å². The smallest absolute Gasteiger partial charge is 0.407 e. The van der Waals surface area contributed by atoms with Crippen molar-refractivity contribution in [2.75, 3.05) is 11.9 Å². The molecule has 1 aliphatic rings. The number of alkyl carbamates (subject to hydrolysis) is 1. The molecule has 4 rings (SSSR count). The molecule has 0 aliphatic heterocycles. The molecule has 35 heavy (non-hydrogen) atoms. The van der Waals surface area contributed by atoms with E-state index in [2.05, 4.69) is 34.9 Å². The van der Waals surface area contributed by atoms with Gasteiger partial charge in [0.15, 0.2) is 0 Å². The van der Waals surface area contributed by atoms with Gasteiger partial charge in [0.2, 0.25) is 5.91 Å². The van der Waals surface area contributed by atoms with Crippen molar-refractivity contribution >= 4 is 35.3 Å². The number of hydrogen-bond acceptors (Lipinski definition) is 4. The highest BCUT2D eigenvalue weighted by atomic mass is 35.5. The Morgan fingerprint density at radius 2 is 1.63 bits per heavy atom. The summed E-state index contributed by atoms with van der Waals surface area (Å²) in [5, 5.41) is 14.6. The van der Waals surface area contributed by atoms with Crippen molar-refractivity contribution in [2.24, 2.45) is 0 Å². The van der Waals surface area contributed by atoms with E-state index >= 15 is 0 Å². The molecule has 1 aliphatic carbocycles. The summed E-state index contributed by atoms with van der Waals surface area (Å²) in [5.74, 6) is -1.52. The Balaban J connectivity index is 1.33. The number of nitrogens with one attached hydrogen (secondary N) is 2. The summed E-state index contributed by atoms with van der Waals surface area (Å²) in [7, 11) is 0. The first-order chi connectivity index (χ1) is 16.9. The minimum Gasteiger partial charge on any atom is -0.478 e. The van der Waals surface area contributed by atoms with Crippen LogP contribution in [0.3, 0.4) is 0 Å². The average molecular weight is 493 g/mol. The van der Waals surface area contributed by atoms with Crippen molar-refractivity contribution in [3.63, 3.8) is 0 Å². The first-order valence-electron chi connectivity index (χ1n) is 11.3. The summed E-state index contributed by atoms with van der Waals surface area (Å²) in [4.78, 5) is 36.1. The number of ether oxygens (including phenoxy) is 1. The maximum Gasteiger partial charge on any atom is 0.407 e. The molecule has 1 atom stereocenters. The second-order valence-corrected chi connectivity index (χ2v) is 8.73. The number of hydrogen-bond donors (Lipinski definition) is 3. The monoisotopic (exact) mass is 492 g/mol. The highest BCUT2D eigenvalue weighted by Gasteiger charge is 2.29. The van der Waals surface area contributed by atoms with E-state index in [-0.39, 0.29) is 35.4 Å². The van der Waals surface area contributed by atoms with Crippen LogP contribution in [-0.4, -0.2) is 35.7 Å². The summed E-state index contributed by atoms with van der Waals surface area (Å²) in [6.07, 6.45) is -0.0589. The third-order valence-corrected chi connectivity index (χ3v) is 6.39. The van der Waals surface area contributed by atoms with Crippen LogP contribution in [0.15, 0.2) is 66.7 Å². The Hall–Kier alpha value is -3.84. The molecule has 8 heteroatoms. The number of anilines is 1. The van der Waals surface area contributed by atoms with Gasteiger partial charge in [0.25, 0.3) is 0 Å². The molecule has 7 nitrogen and oxygen atoms in total. The van der Waals surface area contributed by atoms with Crippen molar-refractivity contribution in [3.05, 3.63) is 88.4 Å². The summed E-state index contributed by atoms with van der Waals surface area (Å²) in [6, 6.07) is 19.8. The van der Waals surface area contributed by atoms with E-state index in [1.54, 1.807) is 0 Å². The molecule has 180 valence electrons. The van der Waals surface area contributed by atoms with Crippen LogP contribution in [0.2, 0.25) is 5.02 Å². The fourth-order valence-corrected chi connectivity index (χ4v) is 4.51. The number of aromatic carboxylic acids is 1. The second kappa shape index (κ2) is 10.6. The van der Waals surface area contributed by atoms with Crippen LogP contribution >= 0.6 is 11.6 Å². The molecule has 0 saturated carbocycles. The van der Waals surface area contributed by atoms with Gasteiger partial charge in [0.1, 0.15) is 6.61 Å². The van der Waals surface area contributed by atoms with Crippen LogP contribution in [0.1, 0.15) is 47.2 Å². The van der Waals surface area contributed by atoms with Gasteiger partial charge in [0, 0.05) is 18.4 Å². The van der Waals surface area contributed by atoms with E-state index in [1.807, 2.05) is 31.2 Å². The molecule has 3 aromatic rings. The minimum absolute atomic E-state index is 0.0116. The van der Waals surface area contributed by atoms with Gasteiger partial charge in [-0.05, 0) is 46.9 Å². The summed E-state index contributed by atoms with van der Waals surface area (Å²) in [6.45, 7) is 2.05. The van der Waals surface area contributed by atoms with Gasteiger partial charge >= 0.3 is 12.1 Å². The van der Waals surface area contributed by atoms with Crippen LogP contribution in [0.4, 0.5) is 10.5 Å². The molecule has 0 spiro atoms. The van der Waals surface area contributed by atoms with Crippen molar-refractivity contribution < 1.29 is 24.2 Å². The molecular weight excluding hydrogens is 468 g/mol. The number of halogens is 1. The SMILES string of the molecule is CCC(CC(=O)Nc1ccc(C(=O)O)cc1Cl)NC(=O)OCC1c2ccccc2-c2ccccc21. The van der Waals surface area contributed by atoms with Gasteiger partial charge in [-0.1, -0.05) is 67.1 Å². The zero-order valence-corrected chi connectivity index (χ0v) is 19.8. The Kier molecular flexibility index (Phi) is 7.36. The molecule has 0 radical (unpaired) electrons. The number of carbonyl (C=O) groups is 3. The molecule has 3 aromatic carbocycles. The van der Waals surface area contributed by atoms with E-state index in [0.29, 0.717) is 12.1 Å². The normalized spacial score (nSPS) is 12.9. The maximum atomic E-state index is 12.5. The molecule has 0 fully saturated rings. The third kappa shape index (κ3) is 5.46. The molecule has 0 saturated heterocycles. The summed E-state index contributed by atoms with van der Waals surface area (Å²) in [5.41, 5.74) is 4.87. The van der Waals surface area contributed by atoms with Gasteiger partial charge in [-0.3, -0.25) is 4.79 Å². The first-order valence-corrected chi connectivity index (χ1v) is 11.7. The van der Waals surface area contributed by atoms with Crippen LogP contribution < -0.4 is 10.6 Å². The fourth-order valence-electron chi connectivity index (χ4n) is 4.28. The van der Waals surface area contributed by atoms with Crippen molar-refractivity contribution in [1.29, 1.82) is 0 Å². The zero-order valence-electron chi connectivity index (χ0n) is 19.1.